The highest BCUT2D eigenvalue weighted by molar-refractivity contribution is 7.17. The van der Waals surface area contributed by atoms with E-state index in [2.05, 4.69) is 33.6 Å². The fourth-order valence-corrected chi connectivity index (χ4v) is 3.03. The first kappa shape index (κ1) is 9.24. The summed E-state index contributed by atoms with van der Waals surface area (Å²) >= 11 is 1.83. The molecular weight excluding hydrogens is 206 g/mol. The van der Waals surface area contributed by atoms with E-state index < -0.39 is 0 Å². The number of hydrogen-bond acceptors (Lipinski definition) is 3. The van der Waals surface area contributed by atoms with Crippen LogP contribution in [0, 0.1) is 6.92 Å². The second-order valence-electron chi connectivity index (χ2n) is 4.05. The largest absolute Gasteiger partial charge is 0.356 e. The summed E-state index contributed by atoms with van der Waals surface area (Å²) in [4.78, 5) is 5.94. The fraction of sp³-hybridized carbons (Fsp3) is 0.455. The molecule has 1 aliphatic heterocycles. The summed E-state index contributed by atoms with van der Waals surface area (Å²) in [5, 5.41) is 5.58. The van der Waals surface area contributed by atoms with Gasteiger partial charge in [0.05, 0.1) is 10.2 Å². The maximum absolute atomic E-state index is 3.52. The number of thiophene rings is 1. The zero-order chi connectivity index (χ0) is 10.3. The second-order valence-corrected chi connectivity index (χ2v) is 4.96. The number of aryl methyl sites for hydroxylation is 1. The number of H-pyrrole nitrogens is 1. The molecule has 1 saturated heterocycles. The maximum atomic E-state index is 3.52. The van der Waals surface area contributed by atoms with Crippen molar-refractivity contribution in [3.05, 3.63) is 17.0 Å². The Balaban J connectivity index is 1.96. The Hall–Kier alpha value is -1.00. The maximum Gasteiger partial charge on any atom is 0.107 e. The minimum Gasteiger partial charge on any atom is -0.356 e. The van der Waals surface area contributed by atoms with Gasteiger partial charge in [0.15, 0.2) is 0 Å². The van der Waals surface area contributed by atoms with Crippen LogP contribution in [-0.4, -0.2) is 31.2 Å². The fourth-order valence-electron chi connectivity index (χ4n) is 2.09. The molecule has 0 aromatic carbocycles. The van der Waals surface area contributed by atoms with Crippen LogP contribution in [0.1, 0.15) is 5.56 Å². The summed E-state index contributed by atoms with van der Waals surface area (Å²) in [6.07, 6.45) is 0. The number of rotatable bonds is 1. The minimum absolute atomic E-state index is 1.09. The Bertz CT molecular complexity index is 465. The van der Waals surface area contributed by atoms with E-state index in [0.29, 0.717) is 0 Å². The predicted molar refractivity (Wildman–Crippen MR) is 66.0 cm³/mol. The van der Waals surface area contributed by atoms with Gasteiger partial charge in [-0.05, 0) is 23.9 Å². The summed E-state index contributed by atoms with van der Waals surface area (Å²) in [6, 6.07) is 2.28. The normalized spacial score (nSPS) is 17.5. The van der Waals surface area contributed by atoms with Crippen LogP contribution in [0.5, 0.6) is 0 Å². The molecule has 4 heteroatoms. The van der Waals surface area contributed by atoms with Gasteiger partial charge in [0.2, 0.25) is 0 Å². The van der Waals surface area contributed by atoms with Crippen molar-refractivity contribution in [3.63, 3.8) is 0 Å². The van der Waals surface area contributed by atoms with Gasteiger partial charge in [-0.2, -0.15) is 0 Å². The highest BCUT2D eigenvalue weighted by Gasteiger charge is 2.13. The lowest BCUT2D eigenvalue weighted by Gasteiger charge is -2.27. The Labute approximate surface area is 93.1 Å². The Morgan fingerprint density at radius 3 is 2.87 bits per heavy atom. The molecule has 0 spiro atoms. The molecule has 1 fully saturated rings. The molecule has 3 heterocycles. The van der Waals surface area contributed by atoms with E-state index in [9.17, 15) is 0 Å². The van der Waals surface area contributed by atoms with Gasteiger partial charge in [-0.25, -0.2) is 0 Å². The number of nitrogens with one attached hydrogen (secondary N) is 2. The van der Waals surface area contributed by atoms with E-state index >= 15 is 0 Å². The zero-order valence-corrected chi connectivity index (χ0v) is 9.66. The number of aromatic amines is 1. The van der Waals surface area contributed by atoms with Crippen LogP contribution in [0.3, 0.4) is 0 Å². The number of aromatic nitrogens is 1. The van der Waals surface area contributed by atoms with Gasteiger partial charge >= 0.3 is 0 Å². The Morgan fingerprint density at radius 2 is 2.13 bits per heavy atom. The lowest BCUT2D eigenvalue weighted by Crippen LogP contribution is -2.43. The SMILES string of the molecule is Cc1csc2cc(N3CCNCC3)[nH]c12. The molecule has 0 aliphatic carbocycles. The molecule has 0 atom stereocenters. The third-order valence-electron chi connectivity index (χ3n) is 2.98. The molecule has 2 aromatic heterocycles. The topological polar surface area (TPSA) is 31.1 Å². The van der Waals surface area contributed by atoms with Crippen molar-refractivity contribution in [2.75, 3.05) is 31.1 Å². The van der Waals surface area contributed by atoms with E-state index in [-0.39, 0.29) is 0 Å². The summed E-state index contributed by atoms with van der Waals surface area (Å²) in [5.41, 5.74) is 2.67. The standard InChI is InChI=1S/C11H15N3S/c1-8-7-15-9-6-10(13-11(8)9)14-4-2-12-3-5-14/h6-7,12-13H,2-5H2,1H3. The Morgan fingerprint density at radius 1 is 1.33 bits per heavy atom. The smallest absolute Gasteiger partial charge is 0.107 e. The van der Waals surface area contributed by atoms with Crippen molar-refractivity contribution >= 4 is 27.4 Å². The van der Waals surface area contributed by atoms with Crippen LogP contribution in [-0.2, 0) is 0 Å². The van der Waals surface area contributed by atoms with Gasteiger partial charge < -0.3 is 15.2 Å². The van der Waals surface area contributed by atoms with Crippen LogP contribution >= 0.6 is 11.3 Å². The quantitative estimate of drug-likeness (QED) is 0.771. The Kier molecular flexibility index (Phi) is 2.18. The zero-order valence-electron chi connectivity index (χ0n) is 8.84. The average molecular weight is 221 g/mol. The van der Waals surface area contributed by atoms with Crippen LogP contribution in [0.25, 0.3) is 10.2 Å². The first-order valence-corrected chi connectivity index (χ1v) is 6.25. The molecule has 1 aliphatic rings. The van der Waals surface area contributed by atoms with Gasteiger partial charge in [0.25, 0.3) is 0 Å². The highest BCUT2D eigenvalue weighted by atomic mass is 32.1. The molecular formula is C11H15N3S. The van der Waals surface area contributed by atoms with E-state index in [4.69, 9.17) is 0 Å². The number of fused-ring (bicyclic) bond motifs is 1. The molecule has 3 nitrogen and oxygen atoms in total. The molecule has 0 radical (unpaired) electrons. The van der Waals surface area contributed by atoms with Gasteiger partial charge in [-0.1, -0.05) is 0 Å². The van der Waals surface area contributed by atoms with Gasteiger partial charge in [0, 0.05) is 26.2 Å². The van der Waals surface area contributed by atoms with Gasteiger partial charge in [-0.15, -0.1) is 11.3 Å². The molecule has 0 amide bonds. The first-order chi connectivity index (χ1) is 7.34. The monoisotopic (exact) mass is 221 g/mol. The number of nitrogens with zero attached hydrogens (tertiary/aromatic N) is 1. The lowest BCUT2D eigenvalue weighted by molar-refractivity contribution is 0.586. The van der Waals surface area contributed by atoms with Crippen molar-refractivity contribution in [1.29, 1.82) is 0 Å². The summed E-state index contributed by atoms with van der Waals surface area (Å²) in [5.74, 6) is 1.28. The van der Waals surface area contributed by atoms with Crippen LogP contribution < -0.4 is 10.2 Å². The van der Waals surface area contributed by atoms with Crippen molar-refractivity contribution in [2.45, 2.75) is 6.92 Å². The molecule has 2 N–H and O–H groups in total. The molecule has 3 rings (SSSR count). The molecule has 0 unspecified atom stereocenters. The summed E-state index contributed by atoms with van der Waals surface area (Å²) in [7, 11) is 0. The third kappa shape index (κ3) is 1.54. The third-order valence-corrected chi connectivity index (χ3v) is 4.03. The van der Waals surface area contributed by atoms with Crippen LogP contribution in [0.4, 0.5) is 5.82 Å². The predicted octanol–water partition coefficient (Wildman–Crippen LogP) is 1.95. The lowest BCUT2D eigenvalue weighted by atomic mass is 10.3. The highest BCUT2D eigenvalue weighted by Crippen LogP contribution is 2.29. The summed E-state index contributed by atoms with van der Waals surface area (Å²) < 4.78 is 1.38. The van der Waals surface area contributed by atoms with Crippen molar-refractivity contribution in [1.82, 2.24) is 10.3 Å². The van der Waals surface area contributed by atoms with Crippen molar-refractivity contribution in [3.8, 4) is 0 Å². The van der Waals surface area contributed by atoms with E-state index in [1.165, 1.54) is 21.6 Å². The van der Waals surface area contributed by atoms with Crippen LogP contribution in [0.15, 0.2) is 11.4 Å². The van der Waals surface area contributed by atoms with E-state index in [1.807, 2.05) is 11.3 Å². The van der Waals surface area contributed by atoms with Gasteiger partial charge in [-0.3, -0.25) is 0 Å². The second kappa shape index (κ2) is 3.54. The van der Waals surface area contributed by atoms with Crippen molar-refractivity contribution < 1.29 is 0 Å². The first-order valence-electron chi connectivity index (χ1n) is 5.37. The molecule has 0 bridgehead atoms. The number of hydrogen-bond donors (Lipinski definition) is 2. The molecule has 2 aromatic rings. The van der Waals surface area contributed by atoms with Gasteiger partial charge in [0.1, 0.15) is 5.82 Å². The molecule has 80 valence electrons. The average Bonchev–Trinajstić information content (AvgIpc) is 2.83. The van der Waals surface area contributed by atoms with Crippen LogP contribution in [0.2, 0.25) is 0 Å². The van der Waals surface area contributed by atoms with E-state index in [1.54, 1.807) is 0 Å². The number of anilines is 1. The molecule has 0 saturated carbocycles. The van der Waals surface area contributed by atoms with Crippen molar-refractivity contribution in [2.24, 2.45) is 0 Å². The minimum atomic E-state index is 1.09. The summed E-state index contributed by atoms with van der Waals surface area (Å²) in [6.45, 7) is 6.55. The van der Waals surface area contributed by atoms with E-state index in [0.717, 1.165) is 26.2 Å². The number of piperazine rings is 1. The molecule has 15 heavy (non-hydrogen) atoms.